The van der Waals surface area contributed by atoms with Crippen LogP contribution in [0, 0.1) is 0 Å². The first-order valence-corrected chi connectivity index (χ1v) is 5.71. The molecule has 1 rings (SSSR count). The van der Waals surface area contributed by atoms with Gasteiger partial charge in [-0.25, -0.2) is 0 Å². The highest BCUT2D eigenvalue weighted by Gasteiger charge is 2.10. The normalized spacial score (nSPS) is 10.3. The number of aliphatic hydroxyl groups is 1. The van der Waals surface area contributed by atoms with Crippen molar-refractivity contribution in [3.63, 3.8) is 0 Å². The summed E-state index contributed by atoms with van der Waals surface area (Å²) in [5.41, 5.74) is 0. The molecule has 4 nitrogen and oxygen atoms in total. The summed E-state index contributed by atoms with van der Waals surface area (Å²) in [6.45, 7) is 1.07. The molecule has 0 saturated carbocycles. The SMILES string of the molecule is O=C(NCCOCCO)c1sccc1Cl. The Hall–Kier alpha value is -0.620. The molecule has 1 heterocycles. The van der Waals surface area contributed by atoms with Gasteiger partial charge in [-0.3, -0.25) is 4.79 Å². The number of hydrogen-bond donors (Lipinski definition) is 2. The predicted molar refractivity (Wildman–Crippen MR) is 59.6 cm³/mol. The van der Waals surface area contributed by atoms with Gasteiger partial charge < -0.3 is 15.2 Å². The fourth-order valence-electron chi connectivity index (χ4n) is 0.939. The van der Waals surface area contributed by atoms with E-state index in [2.05, 4.69) is 5.32 Å². The van der Waals surface area contributed by atoms with Gasteiger partial charge in [0.1, 0.15) is 4.88 Å². The van der Waals surface area contributed by atoms with Gasteiger partial charge in [0.15, 0.2) is 0 Å². The van der Waals surface area contributed by atoms with Gasteiger partial charge in [0.05, 0.1) is 24.8 Å². The molecule has 0 spiro atoms. The third-order valence-corrected chi connectivity index (χ3v) is 2.93. The number of aliphatic hydroxyl groups excluding tert-OH is 1. The smallest absolute Gasteiger partial charge is 0.262 e. The molecular formula is C9H12ClNO3S. The monoisotopic (exact) mass is 249 g/mol. The molecule has 0 atom stereocenters. The standard InChI is InChI=1S/C9H12ClNO3S/c10-7-1-6-15-8(7)9(13)11-2-4-14-5-3-12/h1,6,12H,2-5H2,(H,11,13). The molecule has 0 radical (unpaired) electrons. The first-order chi connectivity index (χ1) is 7.25. The third-order valence-electron chi connectivity index (χ3n) is 1.59. The lowest BCUT2D eigenvalue weighted by Gasteiger charge is -2.04. The second-order valence-electron chi connectivity index (χ2n) is 2.69. The molecule has 2 N–H and O–H groups in total. The lowest BCUT2D eigenvalue weighted by molar-refractivity contribution is 0.0840. The summed E-state index contributed by atoms with van der Waals surface area (Å²) in [6, 6.07) is 1.68. The fraction of sp³-hybridized carbons (Fsp3) is 0.444. The number of amides is 1. The van der Waals surface area contributed by atoms with Crippen LogP contribution in [0.3, 0.4) is 0 Å². The number of ether oxygens (including phenoxy) is 1. The highest BCUT2D eigenvalue weighted by Crippen LogP contribution is 2.21. The quantitative estimate of drug-likeness (QED) is 0.744. The van der Waals surface area contributed by atoms with Crippen molar-refractivity contribution in [2.24, 2.45) is 0 Å². The number of hydrogen-bond acceptors (Lipinski definition) is 4. The van der Waals surface area contributed by atoms with Gasteiger partial charge >= 0.3 is 0 Å². The van der Waals surface area contributed by atoms with Crippen molar-refractivity contribution in [3.8, 4) is 0 Å². The van der Waals surface area contributed by atoms with Crippen LogP contribution in [0.15, 0.2) is 11.4 Å². The second-order valence-corrected chi connectivity index (χ2v) is 4.01. The number of nitrogens with one attached hydrogen (secondary N) is 1. The summed E-state index contributed by atoms with van der Waals surface area (Å²) in [5, 5.41) is 13.3. The van der Waals surface area contributed by atoms with Gasteiger partial charge in [0, 0.05) is 6.54 Å². The van der Waals surface area contributed by atoms with Gasteiger partial charge in [-0.1, -0.05) is 11.6 Å². The minimum Gasteiger partial charge on any atom is -0.394 e. The minimum absolute atomic E-state index is 0.00923. The van der Waals surface area contributed by atoms with Gasteiger partial charge in [0.25, 0.3) is 5.91 Å². The van der Waals surface area contributed by atoms with E-state index in [1.54, 1.807) is 11.4 Å². The van der Waals surface area contributed by atoms with Crippen LogP contribution in [0.2, 0.25) is 5.02 Å². The molecule has 0 bridgehead atoms. The van der Waals surface area contributed by atoms with Crippen LogP contribution in [0.25, 0.3) is 0 Å². The zero-order valence-electron chi connectivity index (χ0n) is 8.03. The molecule has 0 aliphatic carbocycles. The van der Waals surface area contributed by atoms with E-state index in [0.717, 1.165) is 0 Å². The van der Waals surface area contributed by atoms with Crippen LogP contribution < -0.4 is 5.32 Å². The number of rotatable bonds is 6. The predicted octanol–water partition coefficient (Wildman–Crippen LogP) is 1.14. The summed E-state index contributed by atoms with van der Waals surface area (Å²) in [5.74, 6) is -0.192. The average Bonchev–Trinajstić information content (AvgIpc) is 2.64. The van der Waals surface area contributed by atoms with E-state index in [1.807, 2.05) is 0 Å². The van der Waals surface area contributed by atoms with Crippen LogP contribution in [-0.2, 0) is 4.74 Å². The Morgan fingerprint density at radius 3 is 3.00 bits per heavy atom. The van der Waals surface area contributed by atoms with Crippen molar-refractivity contribution < 1.29 is 14.6 Å². The van der Waals surface area contributed by atoms with Gasteiger partial charge in [-0.05, 0) is 11.4 Å². The van der Waals surface area contributed by atoms with Gasteiger partial charge in [-0.2, -0.15) is 0 Å². The molecule has 1 aromatic heterocycles. The Morgan fingerprint density at radius 1 is 1.60 bits per heavy atom. The number of carbonyl (C=O) groups is 1. The molecule has 0 aliphatic rings. The maximum absolute atomic E-state index is 11.5. The number of carbonyl (C=O) groups excluding carboxylic acids is 1. The first-order valence-electron chi connectivity index (χ1n) is 4.45. The molecule has 1 amide bonds. The van der Waals surface area contributed by atoms with Crippen molar-refractivity contribution in [1.29, 1.82) is 0 Å². The van der Waals surface area contributed by atoms with Crippen molar-refractivity contribution >= 4 is 28.8 Å². The molecule has 84 valence electrons. The van der Waals surface area contributed by atoms with Crippen LogP contribution in [0.4, 0.5) is 0 Å². The lowest BCUT2D eigenvalue weighted by atomic mass is 10.4. The van der Waals surface area contributed by atoms with Crippen molar-refractivity contribution in [2.75, 3.05) is 26.4 Å². The lowest BCUT2D eigenvalue weighted by Crippen LogP contribution is -2.27. The molecule has 15 heavy (non-hydrogen) atoms. The summed E-state index contributed by atoms with van der Waals surface area (Å²) in [4.78, 5) is 12.0. The molecular weight excluding hydrogens is 238 g/mol. The van der Waals surface area contributed by atoms with Crippen LogP contribution in [0.1, 0.15) is 9.67 Å². The highest BCUT2D eigenvalue weighted by molar-refractivity contribution is 7.12. The topological polar surface area (TPSA) is 58.6 Å². The number of thiophene rings is 1. The number of halogens is 1. The van der Waals surface area contributed by atoms with Crippen molar-refractivity contribution in [2.45, 2.75) is 0 Å². The molecule has 0 fully saturated rings. The van der Waals surface area contributed by atoms with Gasteiger partial charge in [-0.15, -0.1) is 11.3 Å². The molecule has 0 aromatic carbocycles. The highest BCUT2D eigenvalue weighted by atomic mass is 35.5. The van der Waals surface area contributed by atoms with Crippen LogP contribution >= 0.6 is 22.9 Å². The zero-order valence-corrected chi connectivity index (χ0v) is 9.61. The second kappa shape index (κ2) is 6.79. The van der Waals surface area contributed by atoms with E-state index >= 15 is 0 Å². The summed E-state index contributed by atoms with van der Waals surface area (Å²) < 4.78 is 4.99. The van der Waals surface area contributed by atoms with Crippen LogP contribution in [0.5, 0.6) is 0 Å². The fourth-order valence-corrected chi connectivity index (χ4v) is 2.00. The largest absolute Gasteiger partial charge is 0.394 e. The average molecular weight is 250 g/mol. The maximum Gasteiger partial charge on any atom is 0.262 e. The first kappa shape index (κ1) is 12.4. The third kappa shape index (κ3) is 4.17. The Labute approximate surface area is 96.8 Å². The zero-order chi connectivity index (χ0) is 11.1. The van der Waals surface area contributed by atoms with Crippen molar-refractivity contribution in [3.05, 3.63) is 21.3 Å². The van der Waals surface area contributed by atoms with Crippen LogP contribution in [-0.4, -0.2) is 37.4 Å². The van der Waals surface area contributed by atoms with Gasteiger partial charge in [0.2, 0.25) is 0 Å². The molecule has 1 aromatic rings. The van der Waals surface area contributed by atoms with E-state index in [-0.39, 0.29) is 19.1 Å². The Kier molecular flexibility index (Phi) is 5.63. The Balaban J connectivity index is 2.22. The van der Waals surface area contributed by atoms with E-state index in [1.165, 1.54) is 11.3 Å². The van der Waals surface area contributed by atoms with E-state index in [0.29, 0.717) is 23.1 Å². The van der Waals surface area contributed by atoms with E-state index < -0.39 is 0 Å². The molecule has 0 aliphatic heterocycles. The summed E-state index contributed by atoms with van der Waals surface area (Å²) in [7, 11) is 0. The molecule has 0 unspecified atom stereocenters. The molecule has 6 heteroatoms. The summed E-state index contributed by atoms with van der Waals surface area (Å²) in [6.07, 6.45) is 0. The minimum atomic E-state index is -0.192. The molecule has 0 saturated heterocycles. The van der Waals surface area contributed by atoms with E-state index in [9.17, 15) is 4.79 Å². The Morgan fingerprint density at radius 2 is 2.40 bits per heavy atom. The summed E-state index contributed by atoms with van der Waals surface area (Å²) >= 11 is 7.08. The van der Waals surface area contributed by atoms with E-state index in [4.69, 9.17) is 21.4 Å². The van der Waals surface area contributed by atoms with Crippen molar-refractivity contribution in [1.82, 2.24) is 5.32 Å². The Bertz CT molecular complexity index is 316. The maximum atomic E-state index is 11.5.